The maximum Gasteiger partial charge on any atom is 0.119 e. The van der Waals surface area contributed by atoms with Gasteiger partial charge in [0.05, 0.1) is 12.6 Å². The summed E-state index contributed by atoms with van der Waals surface area (Å²) in [5, 5.41) is 1.25. The molecule has 122 valence electrons. The fraction of sp³-hybridized carbons (Fsp3) is 0.550. The maximum atomic E-state index is 5.41. The summed E-state index contributed by atoms with van der Waals surface area (Å²) in [7, 11) is 1.73. The molecule has 2 bridgehead atoms. The first-order valence-electron chi connectivity index (χ1n) is 8.94. The lowest BCUT2D eigenvalue weighted by molar-refractivity contribution is 0.000317. The predicted molar refractivity (Wildman–Crippen MR) is 93.9 cm³/mol. The Labute approximate surface area is 138 Å². The molecule has 0 spiro atoms. The number of methoxy groups -OCH3 is 1. The SMILES string of the molecule is CC[C@H]1CN2CC[C@H]1C[C@H]2Cc1ccnc2ccc(OC)cc12. The minimum absolute atomic E-state index is 0.702. The zero-order chi connectivity index (χ0) is 15.8. The van der Waals surface area contributed by atoms with Crippen LogP contribution in [-0.2, 0) is 6.42 Å². The van der Waals surface area contributed by atoms with Gasteiger partial charge in [0.25, 0.3) is 0 Å². The summed E-state index contributed by atoms with van der Waals surface area (Å²) in [6.45, 7) is 4.94. The number of pyridine rings is 1. The lowest BCUT2D eigenvalue weighted by atomic mass is 9.73. The molecule has 3 fully saturated rings. The van der Waals surface area contributed by atoms with Gasteiger partial charge in [-0.15, -0.1) is 0 Å². The average Bonchev–Trinajstić information content (AvgIpc) is 2.62. The highest BCUT2D eigenvalue weighted by Crippen LogP contribution is 2.39. The standard InChI is InChI=1S/C20H26N2O/c1-3-14-13-22-9-7-15(14)10-17(22)11-16-6-8-21-20-5-4-18(23-2)12-19(16)20/h4-6,8,12,14-15,17H,3,7,9-11,13H2,1-2H3/t14-,15-,17-/m0/s1. The Morgan fingerprint density at radius 1 is 1.30 bits per heavy atom. The lowest BCUT2D eigenvalue weighted by Gasteiger charge is -2.50. The van der Waals surface area contributed by atoms with Crippen molar-refractivity contribution in [3.05, 3.63) is 36.0 Å². The molecule has 23 heavy (non-hydrogen) atoms. The molecule has 3 aliphatic heterocycles. The van der Waals surface area contributed by atoms with Gasteiger partial charge >= 0.3 is 0 Å². The van der Waals surface area contributed by atoms with Gasteiger partial charge in [0.2, 0.25) is 0 Å². The quantitative estimate of drug-likeness (QED) is 0.856. The third kappa shape index (κ3) is 2.72. The van der Waals surface area contributed by atoms with Crippen LogP contribution in [0.3, 0.4) is 0 Å². The van der Waals surface area contributed by atoms with E-state index in [0.717, 1.165) is 29.5 Å². The molecule has 1 aromatic heterocycles. The molecule has 0 N–H and O–H groups in total. The van der Waals surface area contributed by atoms with E-state index in [1.165, 1.54) is 43.3 Å². The number of ether oxygens (including phenoxy) is 1. The molecule has 0 saturated carbocycles. The average molecular weight is 310 g/mol. The molecule has 4 heterocycles. The normalized spacial score (nSPS) is 29.8. The van der Waals surface area contributed by atoms with Crippen LogP contribution in [-0.4, -0.2) is 36.1 Å². The van der Waals surface area contributed by atoms with Crippen molar-refractivity contribution >= 4 is 10.9 Å². The number of fused-ring (bicyclic) bond motifs is 4. The fourth-order valence-corrected chi connectivity index (χ4v) is 4.67. The molecule has 0 aliphatic carbocycles. The number of benzene rings is 1. The van der Waals surface area contributed by atoms with E-state index in [4.69, 9.17) is 4.74 Å². The molecule has 2 aromatic rings. The Hall–Kier alpha value is -1.61. The van der Waals surface area contributed by atoms with E-state index in [0.29, 0.717) is 6.04 Å². The Balaban J connectivity index is 1.61. The predicted octanol–water partition coefficient (Wildman–Crippen LogP) is 3.91. The Bertz CT molecular complexity index is 699. The van der Waals surface area contributed by atoms with Gasteiger partial charge < -0.3 is 4.74 Å². The maximum absolute atomic E-state index is 5.41. The van der Waals surface area contributed by atoms with Gasteiger partial charge in [-0.25, -0.2) is 0 Å². The highest BCUT2D eigenvalue weighted by molar-refractivity contribution is 5.83. The number of hydrogen-bond donors (Lipinski definition) is 0. The Kier molecular flexibility index (Phi) is 3.98. The van der Waals surface area contributed by atoms with Crippen molar-refractivity contribution < 1.29 is 4.74 Å². The highest BCUT2D eigenvalue weighted by Gasteiger charge is 2.39. The van der Waals surface area contributed by atoms with Crippen molar-refractivity contribution in [2.24, 2.45) is 11.8 Å². The van der Waals surface area contributed by atoms with Crippen LogP contribution in [0, 0.1) is 11.8 Å². The minimum atomic E-state index is 0.702. The van der Waals surface area contributed by atoms with E-state index in [2.05, 4.69) is 35.0 Å². The van der Waals surface area contributed by atoms with Crippen LogP contribution in [0.15, 0.2) is 30.5 Å². The first-order valence-corrected chi connectivity index (χ1v) is 8.94. The molecule has 3 aliphatic rings. The second-order valence-electron chi connectivity index (χ2n) is 7.16. The molecular formula is C20H26N2O. The third-order valence-corrected chi connectivity index (χ3v) is 6.03. The number of rotatable bonds is 4. The first kappa shape index (κ1) is 14.9. The molecule has 1 aromatic carbocycles. The summed E-state index contributed by atoms with van der Waals surface area (Å²) in [6, 6.07) is 9.11. The van der Waals surface area contributed by atoms with Crippen LogP contribution in [0.1, 0.15) is 31.7 Å². The topological polar surface area (TPSA) is 25.4 Å². The van der Waals surface area contributed by atoms with Gasteiger partial charge in [-0.2, -0.15) is 0 Å². The monoisotopic (exact) mass is 310 g/mol. The zero-order valence-electron chi connectivity index (χ0n) is 14.2. The van der Waals surface area contributed by atoms with E-state index in [1.807, 2.05) is 12.3 Å². The third-order valence-electron chi connectivity index (χ3n) is 6.03. The van der Waals surface area contributed by atoms with Gasteiger partial charge in [-0.1, -0.05) is 13.3 Å². The number of hydrogen-bond acceptors (Lipinski definition) is 3. The van der Waals surface area contributed by atoms with Crippen LogP contribution < -0.4 is 4.74 Å². The summed E-state index contributed by atoms with van der Waals surface area (Å²) in [5.41, 5.74) is 2.49. The zero-order valence-corrected chi connectivity index (χ0v) is 14.2. The van der Waals surface area contributed by atoms with Crippen LogP contribution in [0.5, 0.6) is 5.75 Å². The van der Waals surface area contributed by atoms with E-state index >= 15 is 0 Å². The van der Waals surface area contributed by atoms with Gasteiger partial charge in [-0.05, 0) is 67.5 Å². The Morgan fingerprint density at radius 2 is 2.22 bits per heavy atom. The van der Waals surface area contributed by atoms with Crippen LogP contribution >= 0.6 is 0 Å². The molecule has 0 radical (unpaired) electrons. The van der Waals surface area contributed by atoms with E-state index in [1.54, 1.807) is 7.11 Å². The minimum Gasteiger partial charge on any atom is -0.497 e. The van der Waals surface area contributed by atoms with Crippen LogP contribution in [0.4, 0.5) is 0 Å². The first-order chi connectivity index (χ1) is 11.3. The molecule has 1 unspecified atom stereocenters. The number of nitrogens with zero attached hydrogens (tertiary/aromatic N) is 2. The van der Waals surface area contributed by atoms with E-state index in [-0.39, 0.29) is 0 Å². The summed E-state index contributed by atoms with van der Waals surface area (Å²) >= 11 is 0. The smallest absolute Gasteiger partial charge is 0.119 e. The molecule has 4 atom stereocenters. The van der Waals surface area contributed by atoms with Crippen molar-refractivity contribution in [3.63, 3.8) is 0 Å². The van der Waals surface area contributed by atoms with Gasteiger partial charge in [0, 0.05) is 24.2 Å². The fourth-order valence-electron chi connectivity index (χ4n) is 4.67. The van der Waals surface area contributed by atoms with Crippen LogP contribution in [0.25, 0.3) is 10.9 Å². The summed E-state index contributed by atoms with van der Waals surface area (Å²) in [4.78, 5) is 7.25. The van der Waals surface area contributed by atoms with Crippen molar-refractivity contribution in [2.45, 2.75) is 38.6 Å². The molecule has 0 amide bonds. The molecule has 3 heteroatoms. The summed E-state index contributed by atoms with van der Waals surface area (Å²) in [6.07, 6.45) is 7.20. The number of piperidine rings is 3. The lowest BCUT2D eigenvalue weighted by Crippen LogP contribution is -2.53. The molecular weight excluding hydrogens is 284 g/mol. The largest absolute Gasteiger partial charge is 0.497 e. The Morgan fingerprint density at radius 3 is 2.96 bits per heavy atom. The highest BCUT2D eigenvalue weighted by atomic mass is 16.5. The number of aromatic nitrogens is 1. The van der Waals surface area contributed by atoms with Crippen molar-refractivity contribution in [1.82, 2.24) is 9.88 Å². The second kappa shape index (κ2) is 6.12. The van der Waals surface area contributed by atoms with Crippen molar-refractivity contribution in [1.29, 1.82) is 0 Å². The van der Waals surface area contributed by atoms with Gasteiger partial charge in [-0.3, -0.25) is 9.88 Å². The van der Waals surface area contributed by atoms with E-state index in [9.17, 15) is 0 Å². The summed E-state index contributed by atoms with van der Waals surface area (Å²) in [5.74, 6) is 2.79. The van der Waals surface area contributed by atoms with Crippen molar-refractivity contribution in [2.75, 3.05) is 20.2 Å². The van der Waals surface area contributed by atoms with Crippen molar-refractivity contribution in [3.8, 4) is 5.75 Å². The molecule has 5 rings (SSSR count). The van der Waals surface area contributed by atoms with Crippen LogP contribution in [0.2, 0.25) is 0 Å². The van der Waals surface area contributed by atoms with Gasteiger partial charge in [0.1, 0.15) is 5.75 Å². The summed E-state index contributed by atoms with van der Waals surface area (Å²) < 4.78 is 5.41. The molecule has 3 nitrogen and oxygen atoms in total. The van der Waals surface area contributed by atoms with Gasteiger partial charge in [0.15, 0.2) is 0 Å². The second-order valence-corrected chi connectivity index (χ2v) is 7.16. The molecule has 3 saturated heterocycles. The van der Waals surface area contributed by atoms with E-state index < -0.39 is 0 Å².